The molecular weight excluding hydrogens is 268 g/mol. The van der Waals surface area contributed by atoms with E-state index in [-0.39, 0.29) is 17.9 Å². The van der Waals surface area contributed by atoms with Gasteiger partial charge in [0.25, 0.3) is 5.56 Å². The van der Waals surface area contributed by atoms with Gasteiger partial charge in [-0.3, -0.25) is 9.78 Å². The Hall–Kier alpha value is -2.68. The smallest absolute Gasteiger partial charge is 0.285 e. The molecule has 2 aromatic rings. The van der Waals surface area contributed by atoms with Crippen LogP contribution in [0.15, 0.2) is 23.1 Å². The first-order valence-electron chi connectivity index (χ1n) is 6.78. The maximum atomic E-state index is 12.3. The standard InChI is InChI=1S/C15H16N4O2/c1-3-10-11(8-16)15(21)19(18-12(10)4-2)9-13-14(20)6-5-7-17-13/h5-7,20H,3-4,9H2,1-2H3. The molecule has 2 heterocycles. The fraction of sp³-hybridized carbons (Fsp3) is 0.333. The molecule has 2 aromatic heterocycles. The number of aromatic nitrogens is 3. The molecule has 0 amide bonds. The number of nitrogens with zero attached hydrogens (tertiary/aromatic N) is 4. The lowest BCUT2D eigenvalue weighted by atomic mass is 10.0. The summed E-state index contributed by atoms with van der Waals surface area (Å²) < 4.78 is 1.19. The van der Waals surface area contributed by atoms with E-state index in [0.717, 1.165) is 5.69 Å². The van der Waals surface area contributed by atoms with E-state index in [9.17, 15) is 15.2 Å². The van der Waals surface area contributed by atoms with Crippen molar-refractivity contribution in [3.63, 3.8) is 0 Å². The van der Waals surface area contributed by atoms with Gasteiger partial charge in [-0.05, 0) is 30.5 Å². The van der Waals surface area contributed by atoms with Crippen LogP contribution in [0.1, 0.15) is 36.4 Å². The minimum absolute atomic E-state index is 0.00215. The van der Waals surface area contributed by atoms with Gasteiger partial charge in [0.1, 0.15) is 23.1 Å². The van der Waals surface area contributed by atoms with Crippen molar-refractivity contribution in [2.75, 3.05) is 0 Å². The number of hydrogen-bond acceptors (Lipinski definition) is 5. The lowest BCUT2D eigenvalue weighted by molar-refractivity contribution is 0.456. The molecule has 0 aromatic carbocycles. The molecule has 21 heavy (non-hydrogen) atoms. The highest BCUT2D eigenvalue weighted by atomic mass is 16.3. The van der Waals surface area contributed by atoms with Crippen LogP contribution in [-0.4, -0.2) is 19.9 Å². The van der Waals surface area contributed by atoms with Gasteiger partial charge < -0.3 is 5.11 Å². The van der Waals surface area contributed by atoms with Crippen molar-refractivity contribution in [3.05, 3.63) is 51.2 Å². The third kappa shape index (κ3) is 2.77. The summed E-state index contributed by atoms with van der Waals surface area (Å²) in [7, 11) is 0. The number of rotatable bonds is 4. The first kappa shape index (κ1) is 14.7. The van der Waals surface area contributed by atoms with Crippen molar-refractivity contribution < 1.29 is 5.11 Å². The van der Waals surface area contributed by atoms with Crippen molar-refractivity contribution in [2.45, 2.75) is 33.2 Å². The minimum atomic E-state index is -0.448. The molecule has 0 bridgehead atoms. The Bertz CT molecular complexity index is 759. The second-order valence-corrected chi connectivity index (χ2v) is 4.55. The van der Waals surface area contributed by atoms with Gasteiger partial charge in [-0.1, -0.05) is 13.8 Å². The zero-order valence-electron chi connectivity index (χ0n) is 12.0. The molecule has 2 rings (SSSR count). The quantitative estimate of drug-likeness (QED) is 0.916. The highest BCUT2D eigenvalue weighted by Gasteiger charge is 2.16. The predicted molar refractivity (Wildman–Crippen MR) is 77.0 cm³/mol. The summed E-state index contributed by atoms with van der Waals surface area (Å²) in [4.78, 5) is 16.4. The molecule has 6 heteroatoms. The van der Waals surface area contributed by atoms with Gasteiger partial charge in [0.05, 0.1) is 12.2 Å². The van der Waals surface area contributed by atoms with Gasteiger partial charge in [-0.2, -0.15) is 10.4 Å². The lowest BCUT2D eigenvalue weighted by Crippen LogP contribution is -2.29. The Balaban J connectivity index is 2.58. The molecule has 6 nitrogen and oxygen atoms in total. The third-order valence-corrected chi connectivity index (χ3v) is 3.31. The largest absolute Gasteiger partial charge is 0.506 e. The van der Waals surface area contributed by atoms with Gasteiger partial charge in [0.15, 0.2) is 0 Å². The maximum absolute atomic E-state index is 12.3. The van der Waals surface area contributed by atoms with E-state index in [1.54, 1.807) is 6.07 Å². The van der Waals surface area contributed by atoms with Gasteiger partial charge in [-0.25, -0.2) is 4.68 Å². The van der Waals surface area contributed by atoms with Gasteiger partial charge in [0, 0.05) is 6.20 Å². The van der Waals surface area contributed by atoms with Crippen molar-refractivity contribution in [1.29, 1.82) is 5.26 Å². The molecule has 0 spiro atoms. The molecule has 0 aliphatic rings. The molecule has 108 valence electrons. The number of nitriles is 1. The summed E-state index contributed by atoms with van der Waals surface area (Å²) >= 11 is 0. The van der Waals surface area contributed by atoms with Crippen LogP contribution in [0.3, 0.4) is 0 Å². The first-order chi connectivity index (χ1) is 10.1. The number of pyridine rings is 1. The summed E-state index contributed by atoms with van der Waals surface area (Å²) in [5, 5.41) is 23.3. The van der Waals surface area contributed by atoms with E-state index in [1.165, 1.54) is 16.9 Å². The molecule has 0 aliphatic heterocycles. The van der Waals surface area contributed by atoms with Crippen molar-refractivity contribution in [1.82, 2.24) is 14.8 Å². The van der Waals surface area contributed by atoms with Crippen LogP contribution < -0.4 is 5.56 Å². The van der Waals surface area contributed by atoms with Crippen molar-refractivity contribution in [2.24, 2.45) is 0 Å². The van der Waals surface area contributed by atoms with Crippen LogP contribution in [0.2, 0.25) is 0 Å². The highest BCUT2D eigenvalue weighted by molar-refractivity contribution is 5.38. The summed E-state index contributed by atoms with van der Waals surface area (Å²) in [5.74, 6) is 0.00215. The molecular formula is C15H16N4O2. The van der Waals surface area contributed by atoms with Crippen molar-refractivity contribution in [3.8, 4) is 11.8 Å². The van der Waals surface area contributed by atoms with Crippen LogP contribution in [-0.2, 0) is 19.4 Å². The lowest BCUT2D eigenvalue weighted by Gasteiger charge is -2.12. The summed E-state index contributed by atoms with van der Waals surface area (Å²) in [6.07, 6.45) is 2.75. The summed E-state index contributed by atoms with van der Waals surface area (Å²) in [6.45, 7) is 3.86. The Morgan fingerprint density at radius 3 is 2.67 bits per heavy atom. The SMILES string of the molecule is CCc1nn(Cc2ncccc2O)c(=O)c(C#N)c1CC. The van der Waals surface area contributed by atoms with E-state index in [1.807, 2.05) is 19.9 Å². The summed E-state index contributed by atoms with van der Waals surface area (Å²) in [5.41, 5.74) is 1.45. The normalized spacial score (nSPS) is 10.3. The molecule has 0 aliphatic carbocycles. The first-order valence-corrected chi connectivity index (χ1v) is 6.78. The maximum Gasteiger partial charge on any atom is 0.285 e. The second-order valence-electron chi connectivity index (χ2n) is 4.55. The van der Waals surface area contributed by atoms with Gasteiger partial charge >= 0.3 is 0 Å². The fourth-order valence-corrected chi connectivity index (χ4v) is 2.23. The molecule has 0 fully saturated rings. The topological polar surface area (TPSA) is 91.8 Å². The zero-order valence-corrected chi connectivity index (χ0v) is 12.0. The summed E-state index contributed by atoms with van der Waals surface area (Å²) in [6, 6.07) is 5.08. The predicted octanol–water partition coefficient (Wildman–Crippen LogP) is 1.39. The van der Waals surface area contributed by atoms with Crippen LogP contribution in [0.5, 0.6) is 5.75 Å². The molecule has 0 saturated heterocycles. The Morgan fingerprint density at radius 1 is 1.33 bits per heavy atom. The highest BCUT2D eigenvalue weighted by Crippen LogP contribution is 2.14. The van der Waals surface area contributed by atoms with E-state index in [4.69, 9.17) is 0 Å². The number of hydrogen-bond donors (Lipinski definition) is 1. The average molecular weight is 284 g/mol. The van der Waals surface area contributed by atoms with Crippen LogP contribution in [0, 0.1) is 11.3 Å². The minimum Gasteiger partial charge on any atom is -0.506 e. The zero-order chi connectivity index (χ0) is 15.4. The van der Waals surface area contributed by atoms with Crippen LogP contribution >= 0.6 is 0 Å². The van der Waals surface area contributed by atoms with E-state index in [0.29, 0.717) is 24.1 Å². The molecule has 0 atom stereocenters. The monoisotopic (exact) mass is 284 g/mol. The average Bonchev–Trinajstić information content (AvgIpc) is 2.50. The fourth-order valence-electron chi connectivity index (χ4n) is 2.23. The molecule has 0 unspecified atom stereocenters. The van der Waals surface area contributed by atoms with E-state index in [2.05, 4.69) is 10.1 Å². The van der Waals surface area contributed by atoms with Gasteiger partial charge in [0.2, 0.25) is 0 Å². The van der Waals surface area contributed by atoms with E-state index >= 15 is 0 Å². The van der Waals surface area contributed by atoms with Crippen LogP contribution in [0.4, 0.5) is 0 Å². The molecule has 1 N–H and O–H groups in total. The molecule has 0 radical (unpaired) electrons. The van der Waals surface area contributed by atoms with Crippen molar-refractivity contribution >= 4 is 0 Å². The molecule has 0 saturated carbocycles. The second kappa shape index (κ2) is 6.18. The Kier molecular flexibility index (Phi) is 4.33. The number of aromatic hydroxyl groups is 1. The van der Waals surface area contributed by atoms with Crippen LogP contribution in [0.25, 0.3) is 0 Å². The Morgan fingerprint density at radius 2 is 2.10 bits per heavy atom. The Labute approximate surface area is 122 Å². The third-order valence-electron chi connectivity index (χ3n) is 3.31. The van der Waals surface area contributed by atoms with E-state index < -0.39 is 5.56 Å². The van der Waals surface area contributed by atoms with Gasteiger partial charge in [-0.15, -0.1) is 0 Å². The number of aryl methyl sites for hydroxylation is 1.